The Balaban J connectivity index is 2.59. The molecule has 2 heterocycles. The van der Waals surface area contributed by atoms with Crippen molar-refractivity contribution >= 4 is 11.8 Å². The zero-order chi connectivity index (χ0) is 34.7. The molecule has 0 aliphatic carbocycles. The van der Waals surface area contributed by atoms with Crippen LogP contribution in [0.2, 0.25) is 0 Å². The van der Waals surface area contributed by atoms with Crippen LogP contribution in [0.3, 0.4) is 0 Å². The molecule has 0 spiro atoms. The van der Waals surface area contributed by atoms with E-state index >= 15 is 0 Å². The summed E-state index contributed by atoms with van der Waals surface area (Å²) in [5.41, 5.74) is 0.749. The number of aliphatic hydroxyl groups is 4. The minimum Gasteiger partial charge on any atom is -0.462 e. The second kappa shape index (κ2) is 19.0. The lowest BCUT2D eigenvalue weighted by Crippen LogP contribution is -2.63. The lowest BCUT2D eigenvalue weighted by molar-refractivity contribution is -0.304. The Morgan fingerprint density at radius 1 is 1.09 bits per heavy atom. The van der Waals surface area contributed by atoms with Gasteiger partial charge in [-0.25, -0.2) is 0 Å². The number of terminal acetylenes is 1. The summed E-state index contributed by atoms with van der Waals surface area (Å²) >= 11 is 0. The predicted molar refractivity (Wildman–Crippen MR) is 175 cm³/mol. The van der Waals surface area contributed by atoms with E-state index in [1.165, 1.54) is 6.08 Å². The van der Waals surface area contributed by atoms with Crippen LogP contribution in [-0.4, -0.2) is 132 Å². The van der Waals surface area contributed by atoms with Crippen LogP contribution in [0.4, 0.5) is 0 Å². The average molecular weight is 651 g/mol. The van der Waals surface area contributed by atoms with E-state index in [-0.39, 0.29) is 24.7 Å². The molecule has 11 nitrogen and oxygen atoms in total. The fourth-order valence-electron chi connectivity index (χ4n) is 6.48. The third-order valence-corrected chi connectivity index (χ3v) is 9.41. The highest BCUT2D eigenvalue weighted by atomic mass is 16.7. The van der Waals surface area contributed by atoms with Crippen molar-refractivity contribution in [3.63, 3.8) is 0 Å². The Labute approximate surface area is 275 Å². The summed E-state index contributed by atoms with van der Waals surface area (Å²) < 4.78 is 18.3. The second-order valence-corrected chi connectivity index (χ2v) is 13.4. The lowest BCUT2D eigenvalue weighted by Gasteiger charge is -2.46. The molecule has 2 rings (SSSR count). The molecule has 46 heavy (non-hydrogen) atoms. The van der Waals surface area contributed by atoms with E-state index in [0.717, 1.165) is 5.57 Å². The van der Waals surface area contributed by atoms with Crippen LogP contribution in [0.25, 0.3) is 0 Å². The van der Waals surface area contributed by atoms with Crippen molar-refractivity contribution in [2.24, 2.45) is 23.7 Å². The van der Waals surface area contributed by atoms with E-state index in [9.17, 15) is 30.0 Å². The second-order valence-electron chi connectivity index (χ2n) is 13.4. The van der Waals surface area contributed by atoms with Crippen molar-refractivity contribution in [3.05, 3.63) is 23.8 Å². The summed E-state index contributed by atoms with van der Waals surface area (Å²) in [6, 6.07) is -0.678. The van der Waals surface area contributed by atoms with Gasteiger partial charge in [-0.1, -0.05) is 44.4 Å². The molecule has 1 fully saturated rings. The van der Waals surface area contributed by atoms with Crippen molar-refractivity contribution < 1.29 is 44.2 Å². The van der Waals surface area contributed by atoms with E-state index in [0.29, 0.717) is 32.4 Å². The first-order valence-electron chi connectivity index (χ1n) is 16.5. The molecule has 1 saturated heterocycles. The molecule has 4 N–H and O–H groups in total. The molecule has 12 atom stereocenters. The number of hydrogen-bond acceptors (Lipinski definition) is 11. The van der Waals surface area contributed by atoms with E-state index in [1.807, 2.05) is 32.7 Å². The number of carbonyl (C=O) groups is 2. The minimum atomic E-state index is -1.22. The van der Waals surface area contributed by atoms with Gasteiger partial charge in [0, 0.05) is 17.8 Å². The summed E-state index contributed by atoms with van der Waals surface area (Å²) in [7, 11) is 5.40. The number of nitrogens with zero attached hydrogens (tertiary/aromatic N) is 2. The highest BCUT2D eigenvalue weighted by Crippen LogP contribution is 2.34. The first kappa shape index (κ1) is 40.0. The number of rotatable bonds is 9. The highest BCUT2D eigenvalue weighted by Gasteiger charge is 2.47. The number of allylic oxidation sites excluding steroid dienone is 3. The van der Waals surface area contributed by atoms with E-state index < -0.39 is 72.7 Å². The topological polar surface area (TPSA) is 149 Å². The zero-order valence-electron chi connectivity index (χ0n) is 28.9. The molecule has 0 amide bonds. The summed E-state index contributed by atoms with van der Waals surface area (Å²) in [6.07, 6.45) is 5.03. The summed E-state index contributed by atoms with van der Waals surface area (Å²) in [4.78, 5) is 30.2. The molecule has 2 aliphatic heterocycles. The van der Waals surface area contributed by atoms with Gasteiger partial charge in [0.25, 0.3) is 0 Å². The molecule has 0 aromatic heterocycles. The molecule has 0 unspecified atom stereocenters. The molecule has 2 aliphatic rings. The Morgan fingerprint density at radius 2 is 1.76 bits per heavy atom. The van der Waals surface area contributed by atoms with Gasteiger partial charge in [0.1, 0.15) is 12.2 Å². The molecule has 0 aromatic rings. The van der Waals surface area contributed by atoms with Gasteiger partial charge >= 0.3 is 5.97 Å². The molecule has 0 bridgehead atoms. The maximum absolute atomic E-state index is 13.4. The standard InChI is InChI=1S/C35H58N2O9/c1-10-15-37(9)16-14-25-18-22(4)27(39)13-12-21(3)17-26(20-38)29(11-2)45-30(41)19-28(40)23(5)34(25)46-35-33(43)31(36(7)8)32(42)24(6)44-35/h1,12-13,17,22-26,28-29,31-35,38,40,42-43H,11,14-16,18-20H2,2-9H3/b13-12+,21-17+/t22-,23+,24+,25+,26-,28-,29-,31-,32+,33+,34-,35-/m1/s1. The van der Waals surface area contributed by atoms with Gasteiger partial charge in [0.05, 0.1) is 50.0 Å². The van der Waals surface area contributed by atoms with Crippen molar-refractivity contribution in [3.8, 4) is 12.3 Å². The van der Waals surface area contributed by atoms with Gasteiger partial charge in [0.2, 0.25) is 0 Å². The molecule has 11 heteroatoms. The highest BCUT2D eigenvalue weighted by molar-refractivity contribution is 5.91. The maximum Gasteiger partial charge on any atom is 0.308 e. The largest absolute Gasteiger partial charge is 0.462 e. The summed E-state index contributed by atoms with van der Waals surface area (Å²) in [5.74, 6) is 0.0432. The Hall–Kier alpha value is -2.14. The van der Waals surface area contributed by atoms with Crippen molar-refractivity contribution in [2.75, 3.05) is 40.8 Å². The van der Waals surface area contributed by atoms with Crippen LogP contribution in [-0.2, 0) is 23.8 Å². The normalized spacial score (nSPS) is 39.0. The first-order valence-corrected chi connectivity index (χ1v) is 16.5. The Morgan fingerprint density at radius 3 is 2.35 bits per heavy atom. The number of esters is 1. The van der Waals surface area contributed by atoms with Crippen molar-refractivity contribution in [1.29, 1.82) is 0 Å². The molecule has 0 radical (unpaired) electrons. The van der Waals surface area contributed by atoms with Gasteiger partial charge in [0.15, 0.2) is 12.1 Å². The molecule has 262 valence electrons. The average Bonchev–Trinajstić information content (AvgIpc) is 2.99. The number of ketones is 1. The molecular formula is C35H58N2O9. The number of hydrogen-bond donors (Lipinski definition) is 4. The van der Waals surface area contributed by atoms with E-state index in [1.54, 1.807) is 45.0 Å². The van der Waals surface area contributed by atoms with Crippen LogP contribution in [0.1, 0.15) is 60.3 Å². The fourth-order valence-corrected chi connectivity index (χ4v) is 6.48. The van der Waals surface area contributed by atoms with Crippen LogP contribution in [0.5, 0.6) is 0 Å². The van der Waals surface area contributed by atoms with Crippen LogP contribution in [0.15, 0.2) is 23.8 Å². The van der Waals surface area contributed by atoms with Crippen LogP contribution >= 0.6 is 0 Å². The molecule has 0 aromatic carbocycles. The van der Waals surface area contributed by atoms with Crippen LogP contribution < -0.4 is 0 Å². The third kappa shape index (κ3) is 11.2. The number of cyclic esters (lactones) is 1. The molecular weight excluding hydrogens is 592 g/mol. The quantitative estimate of drug-likeness (QED) is 0.214. The number of aliphatic hydroxyl groups excluding tert-OH is 4. The SMILES string of the molecule is C#CCN(C)CC[C@H]1C[C@@H](C)C(=O)/C=C/C(C)=C/[C@H](CO)[C@@H](CC)OC(=O)C[C@@H](O)[C@H](C)[C@H]1O[C@H]1O[C@@H](C)[C@H](O)[C@@H](N(C)C)[C@@H]1O. The van der Waals surface area contributed by atoms with E-state index in [2.05, 4.69) is 5.92 Å². The smallest absolute Gasteiger partial charge is 0.308 e. The van der Waals surface area contributed by atoms with Gasteiger partial charge in [-0.05, 0) is 72.8 Å². The summed E-state index contributed by atoms with van der Waals surface area (Å²) in [5, 5.41) is 43.7. The fraction of sp³-hybridized carbons (Fsp3) is 0.771. The van der Waals surface area contributed by atoms with E-state index in [4.69, 9.17) is 20.6 Å². The number of likely N-dealkylation sites (N-methyl/N-ethyl adjacent to an activating group) is 1. The maximum atomic E-state index is 13.4. The van der Waals surface area contributed by atoms with Gasteiger partial charge in [-0.2, -0.15) is 0 Å². The van der Waals surface area contributed by atoms with Gasteiger partial charge in [-0.3, -0.25) is 14.5 Å². The predicted octanol–water partition coefficient (Wildman–Crippen LogP) is 1.77. The minimum absolute atomic E-state index is 0.0915. The van der Waals surface area contributed by atoms with Gasteiger partial charge < -0.3 is 39.5 Å². The third-order valence-electron chi connectivity index (χ3n) is 9.41. The number of ether oxygens (including phenoxy) is 3. The molecule has 0 saturated carbocycles. The Kier molecular flexibility index (Phi) is 16.5. The zero-order valence-corrected chi connectivity index (χ0v) is 28.9. The van der Waals surface area contributed by atoms with Crippen molar-refractivity contribution in [2.45, 2.75) is 109 Å². The monoisotopic (exact) mass is 650 g/mol. The van der Waals surface area contributed by atoms with Gasteiger partial charge in [-0.15, -0.1) is 6.42 Å². The Bertz CT molecular complexity index is 1070. The van der Waals surface area contributed by atoms with Crippen LogP contribution in [0, 0.1) is 36.0 Å². The van der Waals surface area contributed by atoms with Crippen molar-refractivity contribution in [1.82, 2.24) is 9.80 Å². The lowest BCUT2D eigenvalue weighted by atomic mass is 9.79. The summed E-state index contributed by atoms with van der Waals surface area (Å²) in [6.45, 7) is 9.73. The first-order chi connectivity index (χ1) is 21.6. The number of carbonyl (C=O) groups excluding carboxylic acids is 2.